The van der Waals surface area contributed by atoms with Crippen molar-refractivity contribution in [2.45, 2.75) is 43.9 Å². The van der Waals surface area contributed by atoms with Gasteiger partial charge in [0.2, 0.25) is 11.0 Å². The van der Waals surface area contributed by atoms with E-state index in [9.17, 15) is 4.79 Å². The van der Waals surface area contributed by atoms with Crippen molar-refractivity contribution in [3.05, 3.63) is 5.01 Å². The van der Waals surface area contributed by atoms with Crippen molar-refractivity contribution in [2.24, 2.45) is 5.41 Å². The topological polar surface area (TPSA) is 54.9 Å². The molecule has 0 spiro atoms. The largest absolute Gasteiger partial charge is 0.300 e. The monoisotopic (exact) mass is 307 g/mol. The number of halogens is 2. The first kappa shape index (κ1) is 14.0. The van der Waals surface area contributed by atoms with Gasteiger partial charge in [-0.2, -0.15) is 0 Å². The van der Waals surface area contributed by atoms with Gasteiger partial charge in [0, 0.05) is 6.42 Å². The first-order chi connectivity index (χ1) is 8.39. The van der Waals surface area contributed by atoms with Crippen molar-refractivity contribution in [3.63, 3.8) is 0 Å². The van der Waals surface area contributed by atoms with E-state index < -0.39 is 9.75 Å². The van der Waals surface area contributed by atoms with Crippen LogP contribution in [0.25, 0.3) is 0 Å². The van der Waals surface area contributed by atoms with E-state index in [2.05, 4.69) is 22.4 Å². The summed E-state index contributed by atoms with van der Waals surface area (Å²) in [5, 5.41) is 12.2. The summed E-state index contributed by atoms with van der Waals surface area (Å²) in [6.45, 7) is 3.87. The number of nitrogens with zero attached hydrogens (tertiary/aromatic N) is 2. The molecule has 1 heterocycles. The van der Waals surface area contributed by atoms with E-state index in [4.69, 9.17) is 23.2 Å². The molecule has 18 heavy (non-hydrogen) atoms. The standard InChI is InChI=1S/C11H15Cl2N3OS/c1-3-4-5-7-15-16-9(18-7)14-8(17)10(2)6-11(10,12)13/h3-6H2,1-2H3,(H,14,16,17). The predicted octanol–water partition coefficient (Wildman–Crippen LogP) is 3.40. The summed E-state index contributed by atoms with van der Waals surface area (Å²) in [4.78, 5) is 12.0. The Balaban J connectivity index is 1.94. The minimum Gasteiger partial charge on any atom is -0.300 e. The molecule has 1 unspecified atom stereocenters. The van der Waals surface area contributed by atoms with E-state index in [-0.39, 0.29) is 5.91 Å². The predicted molar refractivity (Wildman–Crippen MR) is 74.3 cm³/mol. The molecule has 4 nitrogen and oxygen atoms in total. The molecular formula is C11H15Cl2N3OS. The van der Waals surface area contributed by atoms with Gasteiger partial charge in [-0.1, -0.05) is 24.7 Å². The van der Waals surface area contributed by atoms with Crippen LogP contribution in [0.15, 0.2) is 0 Å². The quantitative estimate of drug-likeness (QED) is 0.848. The van der Waals surface area contributed by atoms with Crippen LogP contribution in [-0.2, 0) is 11.2 Å². The van der Waals surface area contributed by atoms with Gasteiger partial charge in [-0.3, -0.25) is 10.1 Å². The number of rotatable bonds is 5. The van der Waals surface area contributed by atoms with E-state index in [0.29, 0.717) is 11.6 Å². The van der Waals surface area contributed by atoms with Crippen LogP contribution in [0, 0.1) is 5.41 Å². The van der Waals surface area contributed by atoms with Crippen molar-refractivity contribution in [1.82, 2.24) is 10.2 Å². The Morgan fingerprint density at radius 2 is 2.17 bits per heavy atom. The highest BCUT2D eigenvalue weighted by Gasteiger charge is 2.68. The number of aromatic nitrogens is 2. The highest BCUT2D eigenvalue weighted by Crippen LogP contribution is 2.64. The van der Waals surface area contributed by atoms with Gasteiger partial charge < -0.3 is 0 Å². The van der Waals surface area contributed by atoms with Gasteiger partial charge in [0.15, 0.2) is 0 Å². The number of alkyl halides is 2. The number of unbranched alkanes of at least 4 members (excludes halogenated alkanes) is 1. The Hall–Kier alpha value is -0.390. The maximum Gasteiger partial charge on any atom is 0.235 e. The number of aryl methyl sites for hydroxylation is 1. The highest BCUT2D eigenvalue weighted by molar-refractivity contribution is 7.15. The lowest BCUT2D eigenvalue weighted by atomic mass is 10.1. The van der Waals surface area contributed by atoms with Crippen molar-refractivity contribution >= 4 is 45.6 Å². The van der Waals surface area contributed by atoms with Gasteiger partial charge in [0.05, 0.1) is 5.41 Å². The summed E-state index contributed by atoms with van der Waals surface area (Å²) < 4.78 is -0.952. The maximum absolute atomic E-state index is 12.0. The second-order valence-electron chi connectivity index (χ2n) is 4.77. The first-order valence-corrected chi connectivity index (χ1v) is 7.48. The van der Waals surface area contributed by atoms with Gasteiger partial charge in [0.1, 0.15) is 9.34 Å². The fraction of sp³-hybridized carbons (Fsp3) is 0.727. The molecule has 1 aliphatic carbocycles. The van der Waals surface area contributed by atoms with E-state index in [0.717, 1.165) is 24.3 Å². The van der Waals surface area contributed by atoms with Gasteiger partial charge in [-0.25, -0.2) is 0 Å². The Morgan fingerprint density at radius 1 is 1.50 bits per heavy atom. The molecular weight excluding hydrogens is 293 g/mol. The average molecular weight is 308 g/mol. The molecule has 2 rings (SSSR count). The van der Waals surface area contributed by atoms with Gasteiger partial charge in [0.25, 0.3) is 0 Å². The second kappa shape index (κ2) is 4.94. The smallest absolute Gasteiger partial charge is 0.235 e. The molecule has 1 aromatic heterocycles. The fourth-order valence-corrected chi connectivity index (χ4v) is 3.10. The van der Waals surface area contributed by atoms with Crippen LogP contribution in [0.3, 0.4) is 0 Å². The Labute approximate surface area is 120 Å². The van der Waals surface area contributed by atoms with Crippen LogP contribution < -0.4 is 5.32 Å². The van der Waals surface area contributed by atoms with Crippen LogP contribution in [0.4, 0.5) is 5.13 Å². The summed E-state index contributed by atoms with van der Waals surface area (Å²) in [5.41, 5.74) is -0.717. The van der Waals surface area contributed by atoms with Crippen LogP contribution in [0.2, 0.25) is 0 Å². The Morgan fingerprint density at radius 3 is 2.72 bits per heavy atom. The van der Waals surface area contributed by atoms with Crippen LogP contribution in [0.5, 0.6) is 0 Å². The molecule has 0 aliphatic heterocycles. The van der Waals surface area contributed by atoms with Gasteiger partial charge in [-0.05, 0) is 19.8 Å². The molecule has 1 aromatic rings. The lowest BCUT2D eigenvalue weighted by molar-refractivity contribution is -0.120. The van der Waals surface area contributed by atoms with E-state index in [1.807, 2.05) is 0 Å². The number of hydrogen-bond donors (Lipinski definition) is 1. The molecule has 1 saturated carbocycles. The number of anilines is 1. The van der Waals surface area contributed by atoms with E-state index >= 15 is 0 Å². The van der Waals surface area contributed by atoms with Crippen LogP contribution in [0.1, 0.15) is 38.1 Å². The summed E-state index contributed by atoms with van der Waals surface area (Å²) >= 11 is 13.3. The maximum atomic E-state index is 12.0. The SMILES string of the molecule is CCCCc1nnc(NC(=O)C2(C)CC2(Cl)Cl)s1. The lowest BCUT2D eigenvalue weighted by Gasteiger charge is -2.09. The molecule has 0 aromatic carbocycles. The van der Waals surface area contributed by atoms with Crippen molar-refractivity contribution < 1.29 is 4.79 Å². The molecule has 0 bridgehead atoms. The van der Waals surface area contributed by atoms with Crippen molar-refractivity contribution in [3.8, 4) is 0 Å². The zero-order chi connectivity index (χ0) is 13.4. The third-order valence-corrected chi connectivity index (χ3v) is 5.19. The molecule has 1 aliphatic rings. The van der Waals surface area contributed by atoms with Gasteiger partial charge >= 0.3 is 0 Å². The molecule has 0 radical (unpaired) electrons. The third-order valence-electron chi connectivity index (χ3n) is 3.19. The molecule has 0 saturated heterocycles. The normalized spacial score (nSPS) is 24.9. The molecule has 1 atom stereocenters. The Bertz CT molecular complexity index is 463. The second-order valence-corrected chi connectivity index (χ2v) is 7.32. The number of carbonyl (C=O) groups is 1. The zero-order valence-electron chi connectivity index (χ0n) is 10.3. The van der Waals surface area contributed by atoms with Crippen LogP contribution >= 0.6 is 34.5 Å². The third kappa shape index (κ3) is 2.63. The number of amides is 1. The molecule has 1 amide bonds. The minimum atomic E-state index is -0.952. The van der Waals surface area contributed by atoms with Crippen LogP contribution in [-0.4, -0.2) is 20.4 Å². The number of hydrogen-bond acceptors (Lipinski definition) is 4. The minimum absolute atomic E-state index is 0.189. The number of nitrogens with one attached hydrogen (secondary N) is 1. The zero-order valence-corrected chi connectivity index (χ0v) is 12.6. The summed E-state index contributed by atoms with van der Waals surface area (Å²) in [6, 6.07) is 0. The summed E-state index contributed by atoms with van der Waals surface area (Å²) in [7, 11) is 0. The first-order valence-electron chi connectivity index (χ1n) is 5.91. The molecule has 1 N–H and O–H groups in total. The Kier molecular flexibility index (Phi) is 3.85. The van der Waals surface area contributed by atoms with Crippen molar-refractivity contribution in [2.75, 3.05) is 5.32 Å². The highest BCUT2D eigenvalue weighted by atomic mass is 35.5. The lowest BCUT2D eigenvalue weighted by Crippen LogP contribution is -2.25. The molecule has 100 valence electrons. The molecule has 1 fully saturated rings. The van der Waals surface area contributed by atoms with E-state index in [1.54, 1.807) is 6.92 Å². The van der Waals surface area contributed by atoms with Gasteiger partial charge in [-0.15, -0.1) is 33.4 Å². The average Bonchev–Trinajstić information content (AvgIpc) is 2.65. The van der Waals surface area contributed by atoms with E-state index in [1.165, 1.54) is 11.3 Å². The number of carbonyl (C=O) groups excluding carboxylic acids is 1. The molecule has 7 heteroatoms. The summed E-state index contributed by atoms with van der Waals surface area (Å²) in [5.74, 6) is -0.189. The summed E-state index contributed by atoms with van der Waals surface area (Å²) in [6.07, 6.45) is 3.56. The van der Waals surface area contributed by atoms with Crippen molar-refractivity contribution in [1.29, 1.82) is 0 Å². The fourth-order valence-electron chi connectivity index (χ4n) is 1.61.